The molecule has 0 aliphatic rings. The number of aromatic amines is 1. The molecule has 0 radical (unpaired) electrons. The predicted molar refractivity (Wildman–Crippen MR) is 84.2 cm³/mol. The zero-order chi connectivity index (χ0) is 15.4. The summed E-state index contributed by atoms with van der Waals surface area (Å²) >= 11 is 0. The van der Waals surface area contributed by atoms with Crippen LogP contribution in [0.25, 0.3) is 16.6 Å². The smallest absolute Gasteiger partial charge is 0.134 e. The molecule has 110 valence electrons. The second kappa shape index (κ2) is 6.21. The normalized spacial score (nSPS) is 13.0. The summed E-state index contributed by atoms with van der Waals surface area (Å²) in [5, 5.41) is 7.63. The fraction of sp³-hybridized carbons (Fsp3) is 0.200. The van der Waals surface area contributed by atoms with Gasteiger partial charge in [-0.05, 0) is 31.7 Å². The number of nitrogens with one attached hydrogen (secondary N) is 1. The van der Waals surface area contributed by atoms with Crippen molar-refractivity contribution in [2.24, 2.45) is 16.5 Å². The minimum Gasteiger partial charge on any atom is -0.405 e. The Morgan fingerprint density at radius 1 is 1.52 bits per heavy atom. The molecule has 21 heavy (non-hydrogen) atoms. The summed E-state index contributed by atoms with van der Waals surface area (Å²) in [6.07, 6.45) is 7.89. The second-order valence-corrected chi connectivity index (χ2v) is 4.57. The molecule has 1 aromatic carbocycles. The zero-order valence-electron chi connectivity index (χ0n) is 12.0. The number of benzene rings is 1. The summed E-state index contributed by atoms with van der Waals surface area (Å²) < 4.78 is 14.6. The topological polar surface area (TPSA) is 93.1 Å². The van der Waals surface area contributed by atoms with Gasteiger partial charge in [0.1, 0.15) is 5.82 Å². The average molecular weight is 287 g/mol. The molecule has 0 amide bonds. The van der Waals surface area contributed by atoms with E-state index in [9.17, 15) is 4.39 Å². The van der Waals surface area contributed by atoms with Crippen LogP contribution in [0.2, 0.25) is 0 Å². The number of hydrogen-bond donors (Lipinski definition) is 3. The molecule has 0 saturated heterocycles. The highest BCUT2D eigenvalue weighted by atomic mass is 19.1. The van der Waals surface area contributed by atoms with Crippen LogP contribution >= 0.6 is 0 Å². The van der Waals surface area contributed by atoms with Gasteiger partial charge in [0.25, 0.3) is 0 Å². The molecule has 5 N–H and O–H groups in total. The van der Waals surface area contributed by atoms with Gasteiger partial charge in [-0.2, -0.15) is 5.10 Å². The molecular formula is C15H18FN5. The van der Waals surface area contributed by atoms with E-state index < -0.39 is 0 Å². The number of halogens is 1. The van der Waals surface area contributed by atoms with Crippen molar-refractivity contribution < 1.29 is 4.39 Å². The van der Waals surface area contributed by atoms with Crippen molar-refractivity contribution in [3.63, 3.8) is 0 Å². The molecule has 0 saturated carbocycles. The third-order valence-corrected chi connectivity index (χ3v) is 3.33. The number of nitrogens with zero attached hydrogens (tertiary/aromatic N) is 2. The van der Waals surface area contributed by atoms with Crippen LogP contribution in [0.3, 0.4) is 0 Å². The van der Waals surface area contributed by atoms with Gasteiger partial charge < -0.3 is 11.5 Å². The number of hydrogen-bond acceptors (Lipinski definition) is 4. The summed E-state index contributed by atoms with van der Waals surface area (Å²) in [6, 6.07) is 0. The van der Waals surface area contributed by atoms with E-state index >= 15 is 0 Å². The van der Waals surface area contributed by atoms with Crippen LogP contribution in [0.4, 0.5) is 4.39 Å². The third kappa shape index (κ3) is 2.65. The predicted octanol–water partition coefficient (Wildman–Crippen LogP) is 2.37. The molecule has 0 unspecified atom stereocenters. The van der Waals surface area contributed by atoms with Gasteiger partial charge in [0.2, 0.25) is 0 Å². The van der Waals surface area contributed by atoms with Crippen LogP contribution in [0, 0.1) is 12.7 Å². The fourth-order valence-corrected chi connectivity index (χ4v) is 2.27. The quantitative estimate of drug-likeness (QED) is 0.754. The van der Waals surface area contributed by atoms with Crippen LogP contribution in [-0.2, 0) is 6.54 Å². The zero-order valence-corrected chi connectivity index (χ0v) is 12.0. The molecule has 2 aromatic rings. The van der Waals surface area contributed by atoms with Gasteiger partial charge in [0, 0.05) is 28.4 Å². The van der Waals surface area contributed by atoms with E-state index in [1.165, 1.54) is 12.4 Å². The first-order valence-electron chi connectivity index (χ1n) is 6.54. The molecule has 5 nitrogen and oxygen atoms in total. The lowest BCUT2D eigenvalue weighted by Gasteiger charge is -2.12. The lowest BCUT2D eigenvalue weighted by Crippen LogP contribution is -2.04. The maximum atomic E-state index is 14.6. The molecule has 6 heteroatoms. The number of rotatable bonds is 4. The van der Waals surface area contributed by atoms with E-state index in [0.29, 0.717) is 27.9 Å². The Morgan fingerprint density at radius 2 is 2.29 bits per heavy atom. The van der Waals surface area contributed by atoms with Gasteiger partial charge in [-0.1, -0.05) is 6.08 Å². The molecule has 0 aliphatic carbocycles. The third-order valence-electron chi connectivity index (χ3n) is 3.33. The Bertz CT molecular complexity index is 740. The van der Waals surface area contributed by atoms with E-state index in [4.69, 9.17) is 11.5 Å². The first kappa shape index (κ1) is 14.8. The van der Waals surface area contributed by atoms with Crippen LogP contribution in [0.5, 0.6) is 0 Å². The lowest BCUT2D eigenvalue weighted by molar-refractivity contribution is 0.603. The maximum Gasteiger partial charge on any atom is 0.134 e. The molecule has 1 heterocycles. The number of H-pyrrole nitrogens is 1. The Morgan fingerprint density at radius 3 is 2.95 bits per heavy atom. The molecule has 0 bridgehead atoms. The van der Waals surface area contributed by atoms with Crippen molar-refractivity contribution in [2.45, 2.75) is 20.4 Å². The molecule has 0 atom stereocenters. The van der Waals surface area contributed by atoms with Gasteiger partial charge in [-0.25, -0.2) is 4.39 Å². The average Bonchev–Trinajstić information content (AvgIpc) is 2.95. The minimum atomic E-state index is -0.319. The van der Waals surface area contributed by atoms with Crippen molar-refractivity contribution in [1.29, 1.82) is 0 Å². The Hall–Kier alpha value is -2.63. The fourth-order valence-electron chi connectivity index (χ4n) is 2.27. The van der Waals surface area contributed by atoms with Crippen LogP contribution < -0.4 is 11.5 Å². The molecule has 0 spiro atoms. The van der Waals surface area contributed by atoms with Crippen molar-refractivity contribution in [3.05, 3.63) is 47.1 Å². The number of allylic oxidation sites excluding steroid dienone is 2. The van der Waals surface area contributed by atoms with Crippen molar-refractivity contribution in [3.8, 4) is 0 Å². The Kier molecular flexibility index (Phi) is 4.37. The first-order chi connectivity index (χ1) is 10.1. The number of nitrogens with two attached hydrogens (primary N) is 2. The van der Waals surface area contributed by atoms with Gasteiger partial charge in [-0.15, -0.1) is 0 Å². The summed E-state index contributed by atoms with van der Waals surface area (Å²) in [6.45, 7) is 3.72. The molecular weight excluding hydrogens is 269 g/mol. The largest absolute Gasteiger partial charge is 0.405 e. The number of aliphatic imine (C=N–C) groups is 1. The van der Waals surface area contributed by atoms with E-state index in [1.54, 1.807) is 25.3 Å². The molecule has 1 aromatic heterocycles. The van der Waals surface area contributed by atoms with Crippen LogP contribution in [-0.4, -0.2) is 16.4 Å². The summed E-state index contributed by atoms with van der Waals surface area (Å²) in [4.78, 5) is 4.13. The van der Waals surface area contributed by atoms with E-state index in [-0.39, 0.29) is 12.4 Å². The van der Waals surface area contributed by atoms with E-state index in [0.717, 1.165) is 5.39 Å². The van der Waals surface area contributed by atoms with Crippen molar-refractivity contribution in [1.82, 2.24) is 10.2 Å². The van der Waals surface area contributed by atoms with Crippen molar-refractivity contribution in [2.75, 3.05) is 0 Å². The molecule has 2 rings (SSSR count). The Balaban J connectivity index is 2.63. The monoisotopic (exact) mass is 287 g/mol. The second-order valence-electron chi connectivity index (χ2n) is 4.57. The van der Waals surface area contributed by atoms with Gasteiger partial charge in [0.15, 0.2) is 0 Å². The van der Waals surface area contributed by atoms with Gasteiger partial charge in [-0.3, -0.25) is 10.1 Å². The molecule has 0 aliphatic heterocycles. The standard InChI is InChI=1S/C15H18FN5/c1-3-12(18)13-9(2)14(16)11(7-19-6-4-5-17)15-10(13)8-20-21-15/h3-6,8H,7,17-18H2,1-2H3,(H,20,21)/b5-4?,12-3-,19-6?. The van der Waals surface area contributed by atoms with Gasteiger partial charge in [0.05, 0.1) is 18.3 Å². The highest BCUT2D eigenvalue weighted by Crippen LogP contribution is 2.31. The summed E-state index contributed by atoms with van der Waals surface area (Å²) in [5.41, 5.74) is 14.0. The minimum absolute atomic E-state index is 0.200. The summed E-state index contributed by atoms with van der Waals surface area (Å²) in [7, 11) is 0. The Labute approximate surface area is 122 Å². The lowest BCUT2D eigenvalue weighted by atomic mass is 9.97. The maximum absolute atomic E-state index is 14.6. The SMILES string of the molecule is C/C=C(\N)c1c(C)c(F)c(CN=CC=CN)c2[nH]ncc12. The van der Waals surface area contributed by atoms with Gasteiger partial charge >= 0.3 is 0 Å². The molecule has 0 fully saturated rings. The highest BCUT2D eigenvalue weighted by Gasteiger charge is 2.19. The summed E-state index contributed by atoms with van der Waals surface area (Å²) in [5.74, 6) is -0.319. The first-order valence-corrected chi connectivity index (χ1v) is 6.54. The van der Waals surface area contributed by atoms with Crippen molar-refractivity contribution >= 4 is 22.8 Å². The van der Waals surface area contributed by atoms with Crippen LogP contribution in [0.1, 0.15) is 23.6 Å². The van der Waals surface area contributed by atoms with E-state index in [2.05, 4.69) is 15.2 Å². The number of aromatic nitrogens is 2. The van der Waals surface area contributed by atoms with E-state index in [1.807, 2.05) is 6.92 Å². The van der Waals surface area contributed by atoms with Crippen LogP contribution in [0.15, 0.2) is 29.5 Å². The highest BCUT2D eigenvalue weighted by molar-refractivity contribution is 5.94. The number of fused-ring (bicyclic) bond motifs is 1.